The van der Waals surface area contributed by atoms with Crippen LogP contribution in [0.2, 0.25) is 0 Å². The van der Waals surface area contributed by atoms with Crippen molar-refractivity contribution in [2.75, 3.05) is 32.7 Å². The highest BCUT2D eigenvalue weighted by molar-refractivity contribution is 4.79. The molecule has 0 amide bonds. The lowest BCUT2D eigenvalue weighted by molar-refractivity contribution is 0.154. The van der Waals surface area contributed by atoms with Crippen LogP contribution in [0.5, 0.6) is 0 Å². The second kappa shape index (κ2) is 13.5. The number of hydrogen-bond acceptors (Lipinski definition) is 3. The number of hydrogen-bond donors (Lipinski definition) is 2. The van der Waals surface area contributed by atoms with Crippen molar-refractivity contribution >= 4 is 0 Å². The summed E-state index contributed by atoms with van der Waals surface area (Å²) >= 11 is 0. The molecule has 1 rings (SSSR count). The van der Waals surface area contributed by atoms with E-state index in [1.54, 1.807) is 0 Å². The first-order valence-corrected chi connectivity index (χ1v) is 9.53. The fourth-order valence-corrected chi connectivity index (χ4v) is 3.42. The largest absolute Gasteiger partial charge is 0.329 e. The zero-order valence-electron chi connectivity index (χ0n) is 14.4. The highest BCUT2D eigenvalue weighted by Crippen LogP contribution is 2.14. The molecule has 0 aromatic carbocycles. The quantitative estimate of drug-likeness (QED) is 0.511. The third kappa shape index (κ3) is 9.49. The summed E-state index contributed by atoms with van der Waals surface area (Å²) in [6.45, 7) is 7.64. The van der Waals surface area contributed by atoms with Gasteiger partial charge in [-0.15, -0.1) is 0 Å². The molecule has 1 aliphatic rings. The summed E-state index contributed by atoms with van der Waals surface area (Å²) in [6.07, 6.45) is 15.6. The van der Waals surface area contributed by atoms with Crippen LogP contribution in [0.25, 0.3) is 0 Å². The van der Waals surface area contributed by atoms with E-state index in [1.807, 2.05) is 0 Å². The average Bonchev–Trinajstić information content (AvgIpc) is 2.51. The molecule has 0 bridgehead atoms. The molecule has 0 aromatic heterocycles. The van der Waals surface area contributed by atoms with Gasteiger partial charge in [0, 0.05) is 38.8 Å². The van der Waals surface area contributed by atoms with E-state index in [2.05, 4.69) is 17.1 Å². The number of nitrogens with one attached hydrogen (secondary N) is 1. The Labute approximate surface area is 133 Å². The standard InChI is InChI=1S/C18H39N3/c1-2-3-4-5-6-7-8-9-10-11-12-18-17-20-14-16-21(18)15-13-19/h18,20H,2-17,19H2,1H3. The van der Waals surface area contributed by atoms with E-state index in [9.17, 15) is 0 Å². The summed E-state index contributed by atoms with van der Waals surface area (Å²) in [5, 5.41) is 3.53. The Bertz CT molecular complexity index is 219. The van der Waals surface area contributed by atoms with Crippen molar-refractivity contribution in [2.45, 2.75) is 83.6 Å². The molecule has 126 valence electrons. The van der Waals surface area contributed by atoms with E-state index in [-0.39, 0.29) is 0 Å². The molecule has 1 unspecified atom stereocenters. The van der Waals surface area contributed by atoms with Crippen LogP contribution in [0.15, 0.2) is 0 Å². The smallest absolute Gasteiger partial charge is 0.0221 e. The van der Waals surface area contributed by atoms with Gasteiger partial charge in [0.2, 0.25) is 0 Å². The van der Waals surface area contributed by atoms with Gasteiger partial charge < -0.3 is 11.1 Å². The van der Waals surface area contributed by atoms with Gasteiger partial charge in [-0.1, -0.05) is 71.1 Å². The van der Waals surface area contributed by atoms with Gasteiger partial charge in [0.25, 0.3) is 0 Å². The molecule has 0 radical (unpaired) electrons. The van der Waals surface area contributed by atoms with Crippen molar-refractivity contribution in [1.29, 1.82) is 0 Å². The Morgan fingerprint density at radius 3 is 2.19 bits per heavy atom. The topological polar surface area (TPSA) is 41.3 Å². The van der Waals surface area contributed by atoms with Crippen LogP contribution in [0.1, 0.15) is 77.6 Å². The molecule has 0 spiro atoms. The molecule has 1 aliphatic heterocycles. The maximum Gasteiger partial charge on any atom is 0.0221 e. The Morgan fingerprint density at radius 1 is 0.952 bits per heavy atom. The normalized spacial score (nSPS) is 20.0. The molecular weight excluding hydrogens is 258 g/mol. The number of piperazine rings is 1. The summed E-state index contributed by atoms with van der Waals surface area (Å²) in [6, 6.07) is 0.733. The van der Waals surface area contributed by atoms with Crippen LogP contribution in [-0.2, 0) is 0 Å². The maximum absolute atomic E-state index is 5.71. The zero-order valence-corrected chi connectivity index (χ0v) is 14.4. The number of nitrogens with two attached hydrogens (primary N) is 1. The molecule has 1 fully saturated rings. The Balaban J connectivity index is 1.91. The van der Waals surface area contributed by atoms with Crippen molar-refractivity contribution < 1.29 is 0 Å². The van der Waals surface area contributed by atoms with Crippen molar-refractivity contribution in [3.05, 3.63) is 0 Å². The third-order valence-corrected chi connectivity index (χ3v) is 4.78. The monoisotopic (exact) mass is 297 g/mol. The lowest BCUT2D eigenvalue weighted by Gasteiger charge is -2.36. The number of rotatable bonds is 13. The van der Waals surface area contributed by atoms with Gasteiger partial charge in [0.15, 0.2) is 0 Å². The predicted molar refractivity (Wildman–Crippen MR) is 93.7 cm³/mol. The van der Waals surface area contributed by atoms with Crippen LogP contribution < -0.4 is 11.1 Å². The second-order valence-corrected chi connectivity index (χ2v) is 6.65. The van der Waals surface area contributed by atoms with Crippen LogP contribution in [0.4, 0.5) is 0 Å². The summed E-state index contributed by atoms with van der Waals surface area (Å²) in [7, 11) is 0. The fraction of sp³-hybridized carbons (Fsp3) is 1.00. The molecule has 21 heavy (non-hydrogen) atoms. The molecule has 0 aromatic rings. The van der Waals surface area contributed by atoms with Crippen LogP contribution in [0.3, 0.4) is 0 Å². The Morgan fingerprint density at radius 2 is 1.57 bits per heavy atom. The molecule has 0 saturated carbocycles. The molecule has 0 aliphatic carbocycles. The van der Waals surface area contributed by atoms with E-state index in [1.165, 1.54) is 77.2 Å². The van der Waals surface area contributed by atoms with E-state index >= 15 is 0 Å². The first-order valence-electron chi connectivity index (χ1n) is 9.53. The number of nitrogens with zero attached hydrogens (tertiary/aromatic N) is 1. The van der Waals surface area contributed by atoms with E-state index in [0.717, 1.165) is 32.2 Å². The minimum Gasteiger partial charge on any atom is -0.329 e. The highest BCUT2D eigenvalue weighted by Gasteiger charge is 2.20. The first-order chi connectivity index (χ1) is 10.4. The van der Waals surface area contributed by atoms with Crippen molar-refractivity contribution in [1.82, 2.24) is 10.2 Å². The van der Waals surface area contributed by atoms with E-state index < -0.39 is 0 Å². The van der Waals surface area contributed by atoms with Crippen LogP contribution >= 0.6 is 0 Å². The highest BCUT2D eigenvalue weighted by atomic mass is 15.2. The summed E-state index contributed by atoms with van der Waals surface area (Å²) in [4.78, 5) is 2.59. The molecule has 3 nitrogen and oxygen atoms in total. The molecule has 1 atom stereocenters. The van der Waals surface area contributed by atoms with Crippen LogP contribution in [0, 0.1) is 0 Å². The van der Waals surface area contributed by atoms with E-state index in [4.69, 9.17) is 5.73 Å². The maximum atomic E-state index is 5.71. The van der Waals surface area contributed by atoms with Crippen LogP contribution in [-0.4, -0.2) is 43.7 Å². The van der Waals surface area contributed by atoms with Gasteiger partial charge >= 0.3 is 0 Å². The van der Waals surface area contributed by atoms with Crippen molar-refractivity contribution in [3.63, 3.8) is 0 Å². The van der Waals surface area contributed by atoms with Gasteiger partial charge in [-0.3, -0.25) is 4.90 Å². The minimum atomic E-state index is 0.733. The minimum absolute atomic E-state index is 0.733. The first kappa shape index (κ1) is 18.9. The van der Waals surface area contributed by atoms with Gasteiger partial charge in [0.1, 0.15) is 0 Å². The molecule has 3 heteroatoms. The lowest BCUT2D eigenvalue weighted by Crippen LogP contribution is -2.52. The molecular formula is C18H39N3. The summed E-state index contributed by atoms with van der Waals surface area (Å²) < 4.78 is 0. The van der Waals surface area contributed by atoms with Gasteiger partial charge in [-0.2, -0.15) is 0 Å². The summed E-state index contributed by atoms with van der Waals surface area (Å²) in [5.74, 6) is 0. The summed E-state index contributed by atoms with van der Waals surface area (Å²) in [5.41, 5.74) is 5.71. The van der Waals surface area contributed by atoms with Gasteiger partial charge in [-0.05, 0) is 6.42 Å². The molecule has 1 saturated heterocycles. The van der Waals surface area contributed by atoms with Gasteiger partial charge in [0.05, 0.1) is 0 Å². The Hall–Kier alpha value is -0.120. The number of unbranched alkanes of at least 4 members (excludes halogenated alkanes) is 9. The second-order valence-electron chi connectivity index (χ2n) is 6.65. The molecule has 3 N–H and O–H groups in total. The molecule has 1 heterocycles. The predicted octanol–water partition coefficient (Wildman–Crippen LogP) is 3.53. The fourth-order valence-electron chi connectivity index (χ4n) is 3.42. The SMILES string of the molecule is CCCCCCCCCCCCC1CNCCN1CCN. The zero-order chi connectivity index (χ0) is 15.2. The van der Waals surface area contributed by atoms with Crippen molar-refractivity contribution in [3.8, 4) is 0 Å². The lowest BCUT2D eigenvalue weighted by atomic mass is 10.0. The van der Waals surface area contributed by atoms with Crippen molar-refractivity contribution in [2.24, 2.45) is 5.73 Å². The average molecular weight is 298 g/mol. The Kier molecular flexibility index (Phi) is 12.2. The van der Waals surface area contributed by atoms with E-state index in [0.29, 0.717) is 0 Å². The van der Waals surface area contributed by atoms with Gasteiger partial charge in [-0.25, -0.2) is 0 Å². The third-order valence-electron chi connectivity index (χ3n) is 4.78.